The van der Waals surface area contributed by atoms with E-state index in [1.54, 1.807) is 25.7 Å². The number of nitrogens with zero attached hydrogens (tertiary/aromatic N) is 1. The first-order valence-corrected chi connectivity index (χ1v) is 14.5. The minimum atomic E-state index is -0.764. The van der Waals surface area contributed by atoms with Crippen molar-refractivity contribution >= 4 is 35.2 Å². The lowest BCUT2D eigenvalue weighted by atomic mass is 9.87. The molecule has 0 spiro atoms. The summed E-state index contributed by atoms with van der Waals surface area (Å²) in [6.07, 6.45) is 2.79. The molecule has 206 valence electrons. The molecule has 2 aromatic rings. The quantitative estimate of drug-likeness (QED) is 0.282. The Morgan fingerprint density at radius 2 is 1.71 bits per heavy atom. The second-order valence-electron chi connectivity index (χ2n) is 11.9. The van der Waals surface area contributed by atoms with Crippen molar-refractivity contribution in [2.24, 2.45) is 0 Å². The van der Waals surface area contributed by atoms with Crippen molar-refractivity contribution in [1.29, 1.82) is 0 Å². The average molecular weight is 539 g/mol. The van der Waals surface area contributed by atoms with Gasteiger partial charge in [-0.1, -0.05) is 70.9 Å². The maximum absolute atomic E-state index is 13.9. The van der Waals surface area contributed by atoms with Crippen molar-refractivity contribution in [2.75, 3.05) is 10.7 Å². The largest absolute Gasteiger partial charge is 0.444 e. The van der Waals surface area contributed by atoms with Crippen LogP contribution in [0, 0.1) is 0 Å². The molecule has 1 N–H and O–H groups in total. The first kappa shape index (κ1) is 29.8. The van der Waals surface area contributed by atoms with E-state index in [1.807, 2.05) is 30.3 Å². The van der Waals surface area contributed by atoms with Gasteiger partial charge in [-0.05, 0) is 55.9 Å². The molecular weight excluding hydrogens is 496 g/mol. The minimum absolute atomic E-state index is 0.0235. The summed E-state index contributed by atoms with van der Waals surface area (Å²) in [5, 5.41) is 2.78. The molecular formula is C31H42N2O4S. The summed E-state index contributed by atoms with van der Waals surface area (Å²) in [5.74, 6) is 0.229. The van der Waals surface area contributed by atoms with Crippen LogP contribution in [-0.4, -0.2) is 35.2 Å². The smallest absolute Gasteiger partial charge is 0.408 e. The molecule has 0 saturated carbocycles. The zero-order valence-corrected chi connectivity index (χ0v) is 24.7. The molecule has 1 atom stereocenters. The van der Waals surface area contributed by atoms with Gasteiger partial charge in [-0.25, -0.2) is 4.79 Å². The van der Waals surface area contributed by atoms with Gasteiger partial charge in [-0.2, -0.15) is 0 Å². The Morgan fingerprint density at radius 3 is 2.32 bits per heavy atom. The van der Waals surface area contributed by atoms with Gasteiger partial charge in [-0.3, -0.25) is 9.59 Å². The van der Waals surface area contributed by atoms with Gasteiger partial charge in [-0.15, -0.1) is 11.8 Å². The molecule has 0 aliphatic carbocycles. The number of ether oxygens (including phenoxy) is 1. The standard InChI is InChI=1S/C31H42N2O4S/c1-8-9-10-11-26(34)22-14-17-27-25(18-22)33(19-21-12-15-23(16-13-21)30(2,3)4)28(35)24(20-38-27)32-29(36)37-31(5,6)7/h12-18,24H,8-11,19-20H2,1-7H3,(H,32,36)/t24-/m0/s1. The zero-order chi connectivity index (χ0) is 28.1. The van der Waals surface area contributed by atoms with Crippen LogP contribution in [0.5, 0.6) is 0 Å². The van der Waals surface area contributed by atoms with E-state index in [9.17, 15) is 14.4 Å². The third-order valence-corrected chi connectivity index (χ3v) is 7.56. The number of nitrogens with one attached hydrogen (secondary N) is 1. The molecule has 0 unspecified atom stereocenters. The topological polar surface area (TPSA) is 75.7 Å². The van der Waals surface area contributed by atoms with Crippen LogP contribution in [0.2, 0.25) is 0 Å². The highest BCUT2D eigenvalue weighted by molar-refractivity contribution is 7.99. The highest BCUT2D eigenvalue weighted by Gasteiger charge is 2.33. The molecule has 7 heteroatoms. The third kappa shape index (κ3) is 8.10. The summed E-state index contributed by atoms with van der Waals surface area (Å²) in [5.41, 5.74) is 2.85. The highest BCUT2D eigenvalue weighted by Crippen LogP contribution is 2.37. The van der Waals surface area contributed by atoms with Crippen LogP contribution in [-0.2, 0) is 21.5 Å². The van der Waals surface area contributed by atoms with Crippen molar-refractivity contribution in [1.82, 2.24) is 5.32 Å². The van der Waals surface area contributed by atoms with E-state index in [4.69, 9.17) is 4.74 Å². The van der Waals surface area contributed by atoms with E-state index >= 15 is 0 Å². The summed E-state index contributed by atoms with van der Waals surface area (Å²) in [6, 6.07) is 13.1. The fourth-order valence-electron chi connectivity index (χ4n) is 4.26. The maximum atomic E-state index is 13.9. The number of alkyl carbamates (subject to hydrolysis) is 1. The Kier molecular flexibility index (Phi) is 9.69. The van der Waals surface area contributed by atoms with E-state index in [0.717, 1.165) is 29.7 Å². The number of thioether (sulfide) groups is 1. The Labute approximate surface area is 231 Å². The van der Waals surface area contributed by atoms with Crippen molar-refractivity contribution in [3.63, 3.8) is 0 Å². The number of anilines is 1. The molecule has 1 aliphatic rings. The number of hydrogen-bond acceptors (Lipinski definition) is 5. The molecule has 1 heterocycles. The van der Waals surface area contributed by atoms with Crippen LogP contribution in [0.15, 0.2) is 47.4 Å². The third-order valence-electron chi connectivity index (χ3n) is 6.40. The van der Waals surface area contributed by atoms with Gasteiger partial charge >= 0.3 is 6.09 Å². The van der Waals surface area contributed by atoms with E-state index in [1.165, 1.54) is 17.3 Å². The number of fused-ring (bicyclic) bond motifs is 1. The average Bonchev–Trinajstić information content (AvgIpc) is 2.94. The molecule has 0 saturated heterocycles. The number of Topliss-reactive ketones (excluding diaryl/α,β-unsaturated/α-hetero) is 1. The number of hydrogen-bond donors (Lipinski definition) is 1. The van der Waals surface area contributed by atoms with Crippen LogP contribution >= 0.6 is 11.8 Å². The Morgan fingerprint density at radius 1 is 1.03 bits per heavy atom. The summed E-state index contributed by atoms with van der Waals surface area (Å²) < 4.78 is 5.43. The Bertz CT molecular complexity index is 1150. The molecule has 3 rings (SSSR count). The van der Waals surface area contributed by atoms with E-state index in [2.05, 4.69) is 45.1 Å². The fraction of sp³-hybridized carbons (Fsp3) is 0.516. The lowest BCUT2D eigenvalue weighted by molar-refractivity contribution is -0.120. The zero-order valence-electron chi connectivity index (χ0n) is 23.8. The van der Waals surface area contributed by atoms with Crippen LogP contribution in [0.1, 0.15) is 95.6 Å². The summed E-state index contributed by atoms with van der Waals surface area (Å²) in [6.45, 7) is 14.3. The maximum Gasteiger partial charge on any atom is 0.408 e. The molecule has 6 nitrogen and oxygen atoms in total. The van der Waals surface area contributed by atoms with E-state index in [0.29, 0.717) is 30.0 Å². The molecule has 0 fully saturated rings. The summed E-state index contributed by atoms with van der Waals surface area (Å²) >= 11 is 1.50. The lowest BCUT2D eigenvalue weighted by Gasteiger charge is -2.27. The van der Waals surface area contributed by atoms with Crippen molar-refractivity contribution in [3.05, 3.63) is 59.2 Å². The predicted molar refractivity (Wildman–Crippen MR) is 155 cm³/mol. The molecule has 0 bridgehead atoms. The molecule has 1 aliphatic heterocycles. The second kappa shape index (κ2) is 12.4. The molecule has 2 aromatic carbocycles. The first-order chi connectivity index (χ1) is 17.8. The normalized spacial score (nSPS) is 16.0. The van der Waals surface area contributed by atoms with E-state index in [-0.39, 0.29) is 17.1 Å². The number of carbonyl (C=O) groups excluding carboxylic acids is 3. The van der Waals surface area contributed by atoms with Gasteiger partial charge in [0.1, 0.15) is 11.6 Å². The lowest BCUT2D eigenvalue weighted by Crippen LogP contribution is -2.50. The van der Waals surface area contributed by atoms with Crippen LogP contribution in [0.3, 0.4) is 0 Å². The Hall–Kier alpha value is -2.80. The first-order valence-electron chi connectivity index (χ1n) is 13.5. The van der Waals surface area contributed by atoms with Crippen LogP contribution in [0.25, 0.3) is 0 Å². The fourth-order valence-corrected chi connectivity index (χ4v) is 5.32. The van der Waals surface area contributed by atoms with Gasteiger partial charge in [0, 0.05) is 22.6 Å². The minimum Gasteiger partial charge on any atom is -0.444 e. The van der Waals surface area contributed by atoms with Crippen molar-refractivity contribution in [3.8, 4) is 0 Å². The van der Waals surface area contributed by atoms with E-state index < -0.39 is 17.7 Å². The molecule has 2 amide bonds. The monoisotopic (exact) mass is 538 g/mol. The van der Waals surface area contributed by atoms with Gasteiger partial charge in [0.15, 0.2) is 5.78 Å². The molecule has 0 radical (unpaired) electrons. The van der Waals surface area contributed by atoms with Gasteiger partial charge < -0.3 is 15.0 Å². The number of rotatable bonds is 8. The molecule has 38 heavy (non-hydrogen) atoms. The van der Waals surface area contributed by atoms with Crippen molar-refractivity contribution in [2.45, 2.75) is 103 Å². The number of carbonyl (C=O) groups is 3. The number of benzene rings is 2. The van der Waals surface area contributed by atoms with Crippen LogP contribution < -0.4 is 10.2 Å². The number of unbranched alkanes of at least 4 members (excludes halogenated alkanes) is 2. The van der Waals surface area contributed by atoms with Gasteiger partial charge in [0.05, 0.1) is 12.2 Å². The Balaban J connectivity index is 1.94. The SMILES string of the molecule is CCCCCC(=O)c1ccc2c(c1)N(Cc1ccc(C(C)(C)C)cc1)C(=O)[C@@H](NC(=O)OC(C)(C)C)CS2. The van der Waals surface area contributed by atoms with Crippen LogP contribution in [0.4, 0.5) is 10.5 Å². The van der Waals surface area contributed by atoms with Gasteiger partial charge in [0.25, 0.3) is 5.91 Å². The second-order valence-corrected chi connectivity index (χ2v) is 13.0. The van der Waals surface area contributed by atoms with Gasteiger partial charge in [0.2, 0.25) is 0 Å². The highest BCUT2D eigenvalue weighted by atomic mass is 32.2. The van der Waals surface area contributed by atoms with Crippen molar-refractivity contribution < 1.29 is 19.1 Å². The molecule has 0 aromatic heterocycles. The summed E-state index contributed by atoms with van der Waals surface area (Å²) in [7, 11) is 0. The number of amides is 2. The summed E-state index contributed by atoms with van der Waals surface area (Å²) in [4.78, 5) is 42.0. The number of ketones is 1. The predicted octanol–water partition coefficient (Wildman–Crippen LogP) is 7.28.